The first kappa shape index (κ1) is 12.9. The first-order valence-electron chi connectivity index (χ1n) is 6.59. The molecule has 18 heavy (non-hydrogen) atoms. The van der Waals surface area contributed by atoms with Gasteiger partial charge in [0.25, 0.3) is 0 Å². The zero-order valence-electron chi connectivity index (χ0n) is 10.8. The highest BCUT2D eigenvalue weighted by atomic mass is 16.5. The molecule has 1 aromatic carbocycles. The molecule has 1 aromatic rings. The van der Waals surface area contributed by atoms with Gasteiger partial charge in [-0.3, -0.25) is 4.79 Å². The highest BCUT2D eigenvalue weighted by Crippen LogP contribution is 2.37. The Morgan fingerprint density at radius 3 is 2.67 bits per heavy atom. The van der Waals surface area contributed by atoms with Gasteiger partial charge in [0, 0.05) is 0 Å². The molecular formula is C15H20O3. The Kier molecular flexibility index (Phi) is 4.24. The van der Waals surface area contributed by atoms with E-state index in [0.717, 1.165) is 11.3 Å². The minimum Gasteiger partial charge on any atom is -0.496 e. The normalized spacial score (nSPS) is 16.5. The van der Waals surface area contributed by atoms with E-state index in [-0.39, 0.29) is 6.42 Å². The van der Waals surface area contributed by atoms with Crippen LogP contribution in [0, 0.1) is 0 Å². The van der Waals surface area contributed by atoms with Crippen LogP contribution in [-0.2, 0) is 11.2 Å². The minimum absolute atomic E-state index is 0.0870. The molecule has 2 rings (SSSR count). The maximum Gasteiger partial charge on any atom is 0.307 e. The van der Waals surface area contributed by atoms with Crippen molar-refractivity contribution in [2.75, 3.05) is 7.11 Å². The Hall–Kier alpha value is -1.51. The molecule has 0 bridgehead atoms. The summed E-state index contributed by atoms with van der Waals surface area (Å²) in [5, 5.41) is 8.86. The fourth-order valence-corrected chi connectivity index (χ4v) is 2.80. The van der Waals surface area contributed by atoms with E-state index in [1.807, 2.05) is 18.2 Å². The lowest BCUT2D eigenvalue weighted by atomic mass is 9.83. The Morgan fingerprint density at radius 2 is 2.06 bits per heavy atom. The predicted octanol–water partition coefficient (Wildman–Crippen LogP) is 3.37. The average Bonchev–Trinajstić information content (AvgIpc) is 2.39. The quantitative estimate of drug-likeness (QED) is 0.888. The minimum atomic E-state index is -0.783. The van der Waals surface area contributed by atoms with Crippen LogP contribution in [-0.4, -0.2) is 18.2 Å². The fraction of sp³-hybridized carbons (Fsp3) is 0.533. The smallest absolute Gasteiger partial charge is 0.307 e. The first-order valence-corrected chi connectivity index (χ1v) is 6.59. The Bertz CT molecular complexity index is 420. The molecule has 98 valence electrons. The molecule has 1 saturated carbocycles. The van der Waals surface area contributed by atoms with Crippen LogP contribution in [0.5, 0.6) is 5.75 Å². The van der Waals surface area contributed by atoms with Crippen LogP contribution in [0.4, 0.5) is 0 Å². The van der Waals surface area contributed by atoms with Gasteiger partial charge in [0.1, 0.15) is 5.75 Å². The first-order chi connectivity index (χ1) is 8.70. The van der Waals surface area contributed by atoms with E-state index in [1.165, 1.54) is 37.7 Å². The van der Waals surface area contributed by atoms with Gasteiger partial charge in [0.15, 0.2) is 0 Å². The number of carboxylic acid groups (broad SMARTS) is 1. The van der Waals surface area contributed by atoms with Crippen molar-refractivity contribution in [2.45, 2.75) is 44.4 Å². The van der Waals surface area contributed by atoms with Crippen molar-refractivity contribution in [3.05, 3.63) is 29.3 Å². The van der Waals surface area contributed by atoms with Gasteiger partial charge >= 0.3 is 5.97 Å². The molecule has 0 saturated heterocycles. The maximum absolute atomic E-state index is 10.8. The summed E-state index contributed by atoms with van der Waals surface area (Å²) in [6.45, 7) is 0. The third-order valence-electron chi connectivity index (χ3n) is 3.69. The predicted molar refractivity (Wildman–Crippen MR) is 70.2 cm³/mol. The molecule has 1 aliphatic rings. The van der Waals surface area contributed by atoms with Gasteiger partial charge in [-0.1, -0.05) is 31.4 Å². The van der Waals surface area contributed by atoms with Crippen LogP contribution < -0.4 is 4.74 Å². The van der Waals surface area contributed by atoms with Crippen molar-refractivity contribution < 1.29 is 14.6 Å². The van der Waals surface area contributed by atoms with E-state index in [4.69, 9.17) is 9.84 Å². The van der Waals surface area contributed by atoms with E-state index in [2.05, 4.69) is 0 Å². The summed E-state index contributed by atoms with van der Waals surface area (Å²) in [4.78, 5) is 10.8. The number of aliphatic carboxylic acids is 1. The van der Waals surface area contributed by atoms with E-state index in [1.54, 1.807) is 7.11 Å². The Balaban J connectivity index is 2.26. The van der Waals surface area contributed by atoms with E-state index >= 15 is 0 Å². The summed E-state index contributed by atoms with van der Waals surface area (Å²) < 4.78 is 5.41. The fourth-order valence-electron chi connectivity index (χ4n) is 2.80. The van der Waals surface area contributed by atoms with Crippen LogP contribution in [0.25, 0.3) is 0 Å². The average molecular weight is 248 g/mol. The number of carboxylic acids is 1. The van der Waals surface area contributed by atoms with Gasteiger partial charge in [-0.2, -0.15) is 0 Å². The number of carbonyl (C=O) groups is 1. The molecule has 0 radical (unpaired) electrons. The Labute approximate surface area is 108 Å². The molecular weight excluding hydrogens is 228 g/mol. The molecule has 1 aliphatic carbocycles. The van der Waals surface area contributed by atoms with Gasteiger partial charge in [-0.05, 0) is 36.0 Å². The highest BCUT2D eigenvalue weighted by molar-refractivity contribution is 5.70. The van der Waals surface area contributed by atoms with Crippen molar-refractivity contribution in [3.8, 4) is 5.75 Å². The summed E-state index contributed by atoms with van der Waals surface area (Å²) in [5.74, 6) is 0.647. The van der Waals surface area contributed by atoms with Crippen LogP contribution in [0.15, 0.2) is 18.2 Å². The van der Waals surface area contributed by atoms with Gasteiger partial charge in [-0.25, -0.2) is 0 Å². The molecule has 0 heterocycles. The second kappa shape index (κ2) is 5.89. The van der Waals surface area contributed by atoms with Gasteiger partial charge < -0.3 is 9.84 Å². The van der Waals surface area contributed by atoms with Crippen molar-refractivity contribution in [1.29, 1.82) is 0 Å². The summed E-state index contributed by atoms with van der Waals surface area (Å²) in [6, 6.07) is 5.77. The largest absolute Gasteiger partial charge is 0.496 e. The lowest BCUT2D eigenvalue weighted by Gasteiger charge is -2.24. The van der Waals surface area contributed by atoms with E-state index in [0.29, 0.717) is 5.92 Å². The molecule has 0 spiro atoms. The molecule has 0 aliphatic heterocycles. The zero-order valence-corrected chi connectivity index (χ0v) is 10.8. The van der Waals surface area contributed by atoms with Crippen LogP contribution in [0.2, 0.25) is 0 Å². The lowest BCUT2D eigenvalue weighted by Crippen LogP contribution is -2.08. The molecule has 1 fully saturated rings. The maximum atomic E-state index is 10.8. The van der Waals surface area contributed by atoms with Crippen LogP contribution >= 0.6 is 0 Å². The summed E-state index contributed by atoms with van der Waals surface area (Å²) >= 11 is 0. The van der Waals surface area contributed by atoms with Crippen molar-refractivity contribution in [2.24, 2.45) is 0 Å². The number of hydrogen-bond donors (Lipinski definition) is 1. The van der Waals surface area contributed by atoms with Gasteiger partial charge in [-0.15, -0.1) is 0 Å². The third-order valence-corrected chi connectivity index (χ3v) is 3.69. The molecule has 3 heteroatoms. The van der Waals surface area contributed by atoms with E-state index < -0.39 is 5.97 Å². The summed E-state index contributed by atoms with van der Waals surface area (Å²) in [5.41, 5.74) is 2.06. The highest BCUT2D eigenvalue weighted by Gasteiger charge is 2.19. The number of hydrogen-bond acceptors (Lipinski definition) is 2. The third kappa shape index (κ3) is 3.03. The molecule has 0 atom stereocenters. The molecule has 0 unspecified atom stereocenters. The number of benzene rings is 1. The molecule has 0 aromatic heterocycles. The van der Waals surface area contributed by atoms with Crippen LogP contribution in [0.1, 0.15) is 49.1 Å². The molecule has 3 nitrogen and oxygen atoms in total. The topological polar surface area (TPSA) is 46.5 Å². The van der Waals surface area contributed by atoms with Gasteiger partial charge in [0.05, 0.1) is 13.5 Å². The van der Waals surface area contributed by atoms with Crippen molar-refractivity contribution in [1.82, 2.24) is 0 Å². The second-order valence-corrected chi connectivity index (χ2v) is 4.98. The number of ether oxygens (including phenoxy) is 1. The van der Waals surface area contributed by atoms with Crippen molar-refractivity contribution >= 4 is 5.97 Å². The van der Waals surface area contributed by atoms with E-state index in [9.17, 15) is 4.79 Å². The van der Waals surface area contributed by atoms with Gasteiger partial charge in [0.2, 0.25) is 0 Å². The molecule has 0 amide bonds. The summed E-state index contributed by atoms with van der Waals surface area (Å²) in [7, 11) is 1.68. The second-order valence-electron chi connectivity index (χ2n) is 4.98. The zero-order chi connectivity index (χ0) is 13.0. The lowest BCUT2D eigenvalue weighted by molar-refractivity contribution is -0.136. The van der Waals surface area contributed by atoms with Crippen LogP contribution in [0.3, 0.4) is 0 Å². The van der Waals surface area contributed by atoms with Crippen molar-refractivity contribution in [3.63, 3.8) is 0 Å². The SMILES string of the molecule is COc1ccc(CC(=O)O)cc1C1CCCCC1. The number of rotatable bonds is 4. The monoisotopic (exact) mass is 248 g/mol. The summed E-state index contributed by atoms with van der Waals surface area (Å²) in [6.07, 6.45) is 6.30. The standard InChI is InChI=1S/C15H20O3/c1-18-14-8-7-11(10-15(16)17)9-13(14)12-5-3-2-4-6-12/h7-9,12H,2-6,10H2,1H3,(H,16,17). The Morgan fingerprint density at radius 1 is 1.33 bits per heavy atom. The number of methoxy groups -OCH3 is 1. The molecule has 1 N–H and O–H groups in total.